The molecule has 14 heavy (non-hydrogen) atoms. The summed E-state index contributed by atoms with van der Waals surface area (Å²) in [6.07, 6.45) is 5.34. The molecule has 0 unspecified atom stereocenters. The number of aliphatic hydroxyl groups is 1. The summed E-state index contributed by atoms with van der Waals surface area (Å²) in [6, 6.07) is 3.77. The van der Waals surface area contributed by atoms with Crippen molar-refractivity contribution in [2.24, 2.45) is 0 Å². The van der Waals surface area contributed by atoms with Gasteiger partial charge in [-0.1, -0.05) is 17.8 Å². The molecule has 0 atom stereocenters. The molecule has 0 aromatic heterocycles. The third-order valence-corrected chi connectivity index (χ3v) is 2.24. The maximum atomic E-state index is 8.58. The van der Waals surface area contributed by atoms with Gasteiger partial charge in [0.1, 0.15) is 6.61 Å². The largest absolute Gasteiger partial charge is 0.384 e. The molecule has 1 aromatic carbocycles. The lowest BCUT2D eigenvalue weighted by molar-refractivity contribution is 0.350. The van der Waals surface area contributed by atoms with Gasteiger partial charge in [-0.2, -0.15) is 0 Å². The number of terminal acetylenes is 1. The van der Waals surface area contributed by atoms with Gasteiger partial charge in [-0.3, -0.25) is 0 Å². The van der Waals surface area contributed by atoms with Crippen molar-refractivity contribution in [2.75, 3.05) is 6.61 Å². The summed E-state index contributed by atoms with van der Waals surface area (Å²) in [6.45, 7) is 3.85. The molecule has 0 amide bonds. The van der Waals surface area contributed by atoms with Gasteiger partial charge >= 0.3 is 0 Å². The molecule has 0 bridgehead atoms. The summed E-state index contributed by atoms with van der Waals surface area (Å²) in [7, 11) is 0. The monoisotopic (exact) mass is 184 g/mol. The van der Waals surface area contributed by atoms with Crippen LogP contribution in [0, 0.1) is 38.0 Å². The molecule has 0 aliphatic carbocycles. The summed E-state index contributed by atoms with van der Waals surface area (Å²) < 4.78 is 0. The highest BCUT2D eigenvalue weighted by Gasteiger charge is 2.02. The molecule has 0 saturated carbocycles. The Morgan fingerprint density at radius 1 is 1.21 bits per heavy atom. The number of hydrogen-bond acceptors (Lipinski definition) is 1. The highest BCUT2D eigenvalue weighted by atomic mass is 16.2. The molecule has 0 spiro atoms. The second kappa shape index (κ2) is 4.51. The quantitative estimate of drug-likeness (QED) is 0.607. The molecule has 0 radical (unpaired) electrons. The maximum Gasteiger partial charge on any atom is 0.104 e. The molecule has 1 aromatic rings. The lowest BCUT2D eigenvalue weighted by atomic mass is 9.99. The second-order valence-corrected chi connectivity index (χ2v) is 3.01. The van der Waals surface area contributed by atoms with Crippen LogP contribution in [0.3, 0.4) is 0 Å². The first-order valence-corrected chi connectivity index (χ1v) is 4.37. The van der Waals surface area contributed by atoms with E-state index in [1.54, 1.807) is 0 Å². The average molecular weight is 184 g/mol. The van der Waals surface area contributed by atoms with E-state index >= 15 is 0 Å². The van der Waals surface area contributed by atoms with Crippen LogP contribution < -0.4 is 0 Å². The number of rotatable bonds is 0. The lowest BCUT2D eigenvalue weighted by Crippen LogP contribution is -1.91. The molecule has 1 rings (SSSR count). The van der Waals surface area contributed by atoms with E-state index in [4.69, 9.17) is 11.5 Å². The SMILES string of the molecule is C#Cc1ccc(C#CCO)c(C)c1C. The molecule has 0 aliphatic heterocycles. The van der Waals surface area contributed by atoms with Crippen molar-refractivity contribution in [3.05, 3.63) is 34.4 Å². The van der Waals surface area contributed by atoms with Gasteiger partial charge in [-0.25, -0.2) is 0 Å². The van der Waals surface area contributed by atoms with Crippen LogP contribution in [0.25, 0.3) is 0 Å². The van der Waals surface area contributed by atoms with E-state index in [0.717, 1.165) is 22.3 Å². The van der Waals surface area contributed by atoms with Crippen molar-refractivity contribution in [2.45, 2.75) is 13.8 Å². The van der Waals surface area contributed by atoms with Crippen molar-refractivity contribution in [1.29, 1.82) is 0 Å². The zero-order chi connectivity index (χ0) is 10.6. The Bertz CT molecular complexity index is 439. The topological polar surface area (TPSA) is 20.2 Å². The predicted octanol–water partition coefficient (Wildman–Crippen LogP) is 1.63. The van der Waals surface area contributed by atoms with E-state index in [-0.39, 0.29) is 6.61 Å². The van der Waals surface area contributed by atoms with Gasteiger partial charge in [0, 0.05) is 11.1 Å². The van der Waals surface area contributed by atoms with Crippen molar-refractivity contribution in [3.8, 4) is 24.2 Å². The third-order valence-electron chi connectivity index (χ3n) is 2.24. The zero-order valence-corrected chi connectivity index (χ0v) is 8.39. The Kier molecular flexibility index (Phi) is 3.35. The highest BCUT2D eigenvalue weighted by Crippen LogP contribution is 2.16. The number of aliphatic hydroxyl groups excluding tert-OH is 1. The Hall–Kier alpha value is -1.70. The van der Waals surface area contributed by atoms with E-state index in [2.05, 4.69) is 17.8 Å². The van der Waals surface area contributed by atoms with E-state index in [0.29, 0.717) is 0 Å². The normalized spacial score (nSPS) is 8.71. The number of hydrogen-bond donors (Lipinski definition) is 1. The van der Waals surface area contributed by atoms with Gasteiger partial charge in [0.25, 0.3) is 0 Å². The van der Waals surface area contributed by atoms with E-state index in [1.807, 2.05) is 26.0 Å². The Morgan fingerprint density at radius 3 is 2.36 bits per heavy atom. The summed E-state index contributed by atoms with van der Waals surface area (Å²) in [5, 5.41) is 8.58. The fraction of sp³-hybridized carbons (Fsp3) is 0.231. The van der Waals surface area contributed by atoms with Crippen LogP contribution in [-0.4, -0.2) is 11.7 Å². The zero-order valence-electron chi connectivity index (χ0n) is 8.39. The lowest BCUT2D eigenvalue weighted by Gasteiger charge is -2.05. The van der Waals surface area contributed by atoms with Crippen LogP contribution in [0.15, 0.2) is 12.1 Å². The minimum atomic E-state index is -0.116. The van der Waals surface area contributed by atoms with Gasteiger partial charge in [0.2, 0.25) is 0 Å². The minimum Gasteiger partial charge on any atom is -0.384 e. The van der Waals surface area contributed by atoms with E-state index in [9.17, 15) is 0 Å². The average Bonchev–Trinajstić information content (AvgIpc) is 2.20. The molecular weight excluding hydrogens is 172 g/mol. The van der Waals surface area contributed by atoms with Crippen LogP contribution in [0.4, 0.5) is 0 Å². The Morgan fingerprint density at radius 2 is 1.79 bits per heavy atom. The van der Waals surface area contributed by atoms with Crippen LogP contribution >= 0.6 is 0 Å². The molecule has 0 saturated heterocycles. The fourth-order valence-electron chi connectivity index (χ4n) is 1.25. The highest BCUT2D eigenvalue weighted by molar-refractivity contribution is 5.52. The van der Waals surface area contributed by atoms with Crippen LogP contribution in [0.1, 0.15) is 22.3 Å². The molecular formula is C13H12O. The summed E-state index contributed by atoms with van der Waals surface area (Å²) in [5.41, 5.74) is 3.99. The molecule has 0 aliphatic rings. The first-order chi connectivity index (χ1) is 6.70. The predicted molar refractivity (Wildman–Crippen MR) is 57.8 cm³/mol. The standard InChI is InChI=1S/C13H12O/c1-4-12-7-8-13(6-5-9-14)11(3)10(12)2/h1,7-8,14H,9H2,2-3H3. The smallest absolute Gasteiger partial charge is 0.104 e. The Labute approximate surface area is 84.8 Å². The summed E-state index contributed by atoms with van der Waals surface area (Å²) >= 11 is 0. The minimum absolute atomic E-state index is 0.116. The van der Waals surface area contributed by atoms with Crippen molar-refractivity contribution in [3.63, 3.8) is 0 Å². The van der Waals surface area contributed by atoms with E-state index < -0.39 is 0 Å². The molecule has 0 heterocycles. The molecule has 1 nitrogen and oxygen atoms in total. The van der Waals surface area contributed by atoms with Crippen molar-refractivity contribution < 1.29 is 5.11 Å². The van der Waals surface area contributed by atoms with Crippen LogP contribution in [0.2, 0.25) is 0 Å². The number of benzene rings is 1. The third kappa shape index (κ3) is 1.96. The van der Waals surface area contributed by atoms with Crippen molar-refractivity contribution >= 4 is 0 Å². The summed E-state index contributed by atoms with van der Waals surface area (Å²) in [5.74, 6) is 8.13. The first kappa shape index (κ1) is 10.4. The Balaban J connectivity index is 3.26. The van der Waals surface area contributed by atoms with Gasteiger partial charge < -0.3 is 5.11 Å². The molecule has 0 fully saturated rings. The molecule has 1 N–H and O–H groups in total. The van der Waals surface area contributed by atoms with Gasteiger partial charge in [-0.05, 0) is 37.1 Å². The first-order valence-electron chi connectivity index (χ1n) is 4.37. The van der Waals surface area contributed by atoms with Crippen LogP contribution in [-0.2, 0) is 0 Å². The van der Waals surface area contributed by atoms with Gasteiger partial charge in [0.15, 0.2) is 0 Å². The van der Waals surface area contributed by atoms with Crippen molar-refractivity contribution in [1.82, 2.24) is 0 Å². The van der Waals surface area contributed by atoms with E-state index in [1.165, 1.54) is 0 Å². The maximum absolute atomic E-state index is 8.58. The van der Waals surface area contributed by atoms with Crippen LogP contribution in [0.5, 0.6) is 0 Å². The second-order valence-electron chi connectivity index (χ2n) is 3.01. The summed E-state index contributed by atoms with van der Waals surface area (Å²) in [4.78, 5) is 0. The molecule has 70 valence electrons. The van der Waals surface area contributed by atoms with Gasteiger partial charge in [0.05, 0.1) is 0 Å². The fourth-order valence-corrected chi connectivity index (χ4v) is 1.25. The van der Waals surface area contributed by atoms with Gasteiger partial charge in [-0.15, -0.1) is 6.42 Å². The molecule has 1 heteroatoms.